The second-order valence-corrected chi connectivity index (χ2v) is 5.13. The fourth-order valence-corrected chi connectivity index (χ4v) is 2.42. The van der Waals surface area contributed by atoms with Gasteiger partial charge in [-0.1, -0.05) is 36.7 Å². The Balaban J connectivity index is 2.41. The topological polar surface area (TPSA) is 67.4 Å². The molecule has 1 aromatic rings. The average Bonchev–Trinajstić information content (AvgIpc) is 2.44. The minimum atomic E-state index is -0.614. The quantitative estimate of drug-likeness (QED) is 0.840. The zero-order valence-electron chi connectivity index (χ0n) is 11.9. The summed E-state index contributed by atoms with van der Waals surface area (Å²) in [4.78, 5) is 24.0. The van der Waals surface area contributed by atoms with Crippen LogP contribution in [0, 0.1) is 0 Å². The third kappa shape index (κ3) is 3.36. The Hall–Kier alpha value is -2.01. The number of hydrogen-bond donors (Lipinski definition) is 2. The minimum absolute atomic E-state index is 0.332. The van der Waals surface area contributed by atoms with E-state index in [9.17, 15) is 9.59 Å². The van der Waals surface area contributed by atoms with Crippen LogP contribution in [0.15, 0.2) is 35.5 Å². The summed E-state index contributed by atoms with van der Waals surface area (Å²) >= 11 is 6.18. The van der Waals surface area contributed by atoms with Gasteiger partial charge in [-0.25, -0.2) is 9.59 Å². The lowest BCUT2D eigenvalue weighted by Gasteiger charge is -2.28. The first kappa shape index (κ1) is 15.4. The molecule has 1 aliphatic rings. The van der Waals surface area contributed by atoms with E-state index in [1.807, 2.05) is 6.92 Å². The summed E-state index contributed by atoms with van der Waals surface area (Å²) in [5.41, 5.74) is 1.51. The van der Waals surface area contributed by atoms with Gasteiger partial charge in [-0.2, -0.15) is 0 Å². The van der Waals surface area contributed by atoms with Crippen molar-refractivity contribution in [3.8, 4) is 0 Å². The molecule has 0 spiro atoms. The maximum Gasteiger partial charge on any atom is 0.338 e. The molecule has 0 saturated carbocycles. The summed E-state index contributed by atoms with van der Waals surface area (Å²) < 4.78 is 5.20. The Labute approximate surface area is 128 Å². The summed E-state index contributed by atoms with van der Waals surface area (Å²) in [5.74, 6) is -0.452. The fraction of sp³-hybridized carbons (Fsp3) is 0.333. The van der Waals surface area contributed by atoms with Gasteiger partial charge in [-0.15, -0.1) is 0 Å². The van der Waals surface area contributed by atoms with Gasteiger partial charge in [0.25, 0.3) is 0 Å². The van der Waals surface area contributed by atoms with Gasteiger partial charge in [-0.3, -0.25) is 0 Å². The zero-order chi connectivity index (χ0) is 15.4. The summed E-state index contributed by atoms with van der Waals surface area (Å²) in [6.45, 7) is 3.92. The van der Waals surface area contributed by atoms with Crippen molar-refractivity contribution in [2.75, 3.05) is 6.61 Å². The zero-order valence-corrected chi connectivity index (χ0v) is 12.7. The van der Waals surface area contributed by atoms with Crippen LogP contribution in [0.5, 0.6) is 0 Å². The molecule has 0 aromatic heterocycles. The number of halogens is 1. The molecule has 2 N–H and O–H groups in total. The van der Waals surface area contributed by atoms with E-state index >= 15 is 0 Å². The highest BCUT2D eigenvalue weighted by molar-refractivity contribution is 6.31. The van der Waals surface area contributed by atoms with E-state index in [1.165, 1.54) is 0 Å². The van der Waals surface area contributed by atoms with Crippen LogP contribution in [0.25, 0.3) is 0 Å². The number of ether oxygens (including phenoxy) is 1. The number of amides is 2. The fourth-order valence-electron chi connectivity index (χ4n) is 2.18. The molecule has 21 heavy (non-hydrogen) atoms. The van der Waals surface area contributed by atoms with Gasteiger partial charge >= 0.3 is 12.0 Å². The molecule has 112 valence electrons. The smallest absolute Gasteiger partial charge is 0.338 e. The molecule has 6 heteroatoms. The predicted octanol–water partition coefficient (Wildman–Crippen LogP) is 2.92. The van der Waals surface area contributed by atoms with Crippen molar-refractivity contribution in [2.45, 2.75) is 26.3 Å². The van der Waals surface area contributed by atoms with Crippen molar-refractivity contribution in [1.82, 2.24) is 10.6 Å². The third-order valence-corrected chi connectivity index (χ3v) is 3.49. The van der Waals surface area contributed by atoms with E-state index in [0.717, 1.165) is 6.42 Å². The maximum atomic E-state index is 12.3. The molecular formula is C15H17ClN2O3. The average molecular weight is 309 g/mol. The molecular weight excluding hydrogens is 292 g/mol. The van der Waals surface area contributed by atoms with E-state index < -0.39 is 12.0 Å². The van der Waals surface area contributed by atoms with Crippen LogP contribution in [0.3, 0.4) is 0 Å². The lowest BCUT2D eigenvalue weighted by molar-refractivity contribution is -0.139. The monoisotopic (exact) mass is 308 g/mol. The summed E-state index contributed by atoms with van der Waals surface area (Å²) in [6, 6.07) is 6.11. The van der Waals surface area contributed by atoms with Crippen LogP contribution in [0.4, 0.5) is 4.79 Å². The van der Waals surface area contributed by atoms with Crippen molar-refractivity contribution in [3.05, 3.63) is 46.1 Å². The Bertz CT molecular complexity index is 598. The van der Waals surface area contributed by atoms with E-state index in [4.69, 9.17) is 16.3 Å². The number of carbonyl (C=O) groups excluding carboxylic acids is 2. The van der Waals surface area contributed by atoms with Crippen LogP contribution in [-0.2, 0) is 9.53 Å². The van der Waals surface area contributed by atoms with Crippen molar-refractivity contribution in [2.24, 2.45) is 0 Å². The minimum Gasteiger partial charge on any atom is -0.462 e. The molecule has 0 saturated heterocycles. The van der Waals surface area contributed by atoms with E-state index in [1.54, 1.807) is 31.2 Å². The number of urea groups is 1. The van der Waals surface area contributed by atoms with Crippen molar-refractivity contribution >= 4 is 23.6 Å². The summed E-state index contributed by atoms with van der Waals surface area (Å²) in [5, 5.41) is 5.79. The molecule has 1 unspecified atom stereocenters. The van der Waals surface area contributed by atoms with E-state index in [0.29, 0.717) is 28.5 Å². The number of carbonyl (C=O) groups is 2. The Kier molecular flexibility index (Phi) is 4.85. The SMILES string of the molecule is CCCOC(=O)C1=C(C)NC(=O)NC1c1ccccc1Cl. The van der Waals surface area contributed by atoms with Gasteiger partial charge in [0, 0.05) is 10.7 Å². The molecule has 1 heterocycles. The van der Waals surface area contributed by atoms with Crippen molar-refractivity contribution < 1.29 is 14.3 Å². The lowest BCUT2D eigenvalue weighted by atomic mass is 9.95. The van der Waals surface area contributed by atoms with Crippen molar-refractivity contribution in [3.63, 3.8) is 0 Å². The van der Waals surface area contributed by atoms with Gasteiger partial charge < -0.3 is 15.4 Å². The third-order valence-electron chi connectivity index (χ3n) is 3.14. The molecule has 2 rings (SSSR count). The number of rotatable bonds is 4. The molecule has 1 aromatic carbocycles. The molecule has 0 radical (unpaired) electrons. The largest absolute Gasteiger partial charge is 0.462 e. The molecule has 0 aliphatic carbocycles. The molecule has 5 nitrogen and oxygen atoms in total. The van der Waals surface area contributed by atoms with Crippen LogP contribution >= 0.6 is 11.6 Å². The number of nitrogens with one attached hydrogen (secondary N) is 2. The first-order valence-electron chi connectivity index (χ1n) is 6.74. The first-order valence-corrected chi connectivity index (χ1v) is 7.12. The number of allylic oxidation sites excluding steroid dienone is 1. The van der Waals surface area contributed by atoms with Crippen molar-refractivity contribution in [1.29, 1.82) is 0 Å². The molecule has 2 amide bonds. The predicted molar refractivity (Wildman–Crippen MR) is 79.8 cm³/mol. The highest BCUT2D eigenvalue weighted by Crippen LogP contribution is 2.31. The normalized spacial score (nSPS) is 18.0. The summed E-state index contributed by atoms with van der Waals surface area (Å²) in [6.07, 6.45) is 0.731. The van der Waals surface area contributed by atoms with Crippen LogP contribution in [0.1, 0.15) is 31.9 Å². The highest BCUT2D eigenvalue weighted by atomic mass is 35.5. The molecule has 1 aliphatic heterocycles. The van der Waals surface area contributed by atoms with Gasteiger partial charge in [-0.05, 0) is 25.0 Å². The Morgan fingerprint density at radius 2 is 2.10 bits per heavy atom. The number of esters is 1. The van der Waals surface area contributed by atoms with Crippen LogP contribution in [0.2, 0.25) is 5.02 Å². The van der Waals surface area contributed by atoms with Crippen LogP contribution in [-0.4, -0.2) is 18.6 Å². The van der Waals surface area contributed by atoms with Gasteiger partial charge in [0.15, 0.2) is 0 Å². The van der Waals surface area contributed by atoms with E-state index in [2.05, 4.69) is 10.6 Å². The van der Waals surface area contributed by atoms with Gasteiger partial charge in [0.1, 0.15) is 0 Å². The maximum absolute atomic E-state index is 12.3. The van der Waals surface area contributed by atoms with Gasteiger partial charge in [0.2, 0.25) is 0 Å². The molecule has 0 fully saturated rings. The van der Waals surface area contributed by atoms with E-state index in [-0.39, 0.29) is 6.03 Å². The number of hydrogen-bond acceptors (Lipinski definition) is 3. The van der Waals surface area contributed by atoms with Crippen LogP contribution < -0.4 is 10.6 Å². The first-order chi connectivity index (χ1) is 10.0. The number of benzene rings is 1. The second-order valence-electron chi connectivity index (χ2n) is 4.73. The second kappa shape index (κ2) is 6.63. The summed E-state index contributed by atoms with van der Waals surface area (Å²) in [7, 11) is 0. The Morgan fingerprint density at radius 3 is 2.76 bits per heavy atom. The highest BCUT2D eigenvalue weighted by Gasteiger charge is 2.33. The Morgan fingerprint density at radius 1 is 1.38 bits per heavy atom. The van der Waals surface area contributed by atoms with Gasteiger partial charge in [0.05, 0.1) is 18.2 Å². The standard InChI is InChI=1S/C15H17ClN2O3/c1-3-8-21-14(19)12-9(2)17-15(20)18-13(12)10-6-4-5-7-11(10)16/h4-7,13H,3,8H2,1-2H3,(H2,17,18,20). The molecule has 1 atom stereocenters. The molecule has 0 bridgehead atoms. The lowest BCUT2D eigenvalue weighted by Crippen LogP contribution is -2.45.